The van der Waals surface area contributed by atoms with Crippen LogP contribution in [0.2, 0.25) is 0 Å². The maximum absolute atomic E-state index is 11.9. The second-order valence-corrected chi connectivity index (χ2v) is 3.88. The summed E-state index contributed by atoms with van der Waals surface area (Å²) >= 11 is 0. The molecular weight excluding hydrogens is 234 g/mol. The number of esters is 1. The third-order valence-corrected chi connectivity index (χ3v) is 2.72. The van der Waals surface area contributed by atoms with Gasteiger partial charge in [0.25, 0.3) is 5.78 Å². The first kappa shape index (κ1) is 12.2. The molecule has 0 bridgehead atoms. The molecule has 2 aromatic rings. The highest BCUT2D eigenvalue weighted by Crippen LogP contribution is 2.23. The molecule has 0 aliphatic rings. The zero-order valence-corrected chi connectivity index (χ0v) is 10.1. The summed E-state index contributed by atoms with van der Waals surface area (Å²) in [6, 6.07) is 6.36. The van der Waals surface area contributed by atoms with Crippen LogP contribution >= 0.6 is 0 Å². The Morgan fingerprint density at radius 1 is 1.33 bits per heavy atom. The fourth-order valence-corrected chi connectivity index (χ4v) is 1.84. The molecule has 0 unspecified atom stereocenters. The van der Waals surface area contributed by atoms with Gasteiger partial charge in [-0.2, -0.15) is 0 Å². The highest BCUT2D eigenvalue weighted by Gasteiger charge is 2.21. The number of rotatable bonds is 3. The first-order chi connectivity index (χ1) is 8.54. The Bertz CT molecular complexity index is 627. The lowest BCUT2D eigenvalue weighted by Crippen LogP contribution is -2.19. The van der Waals surface area contributed by atoms with E-state index in [9.17, 15) is 14.7 Å². The monoisotopic (exact) mass is 247 g/mol. The minimum absolute atomic E-state index is 0.110. The minimum atomic E-state index is -0.868. The molecule has 0 atom stereocenters. The van der Waals surface area contributed by atoms with E-state index in [4.69, 9.17) is 0 Å². The summed E-state index contributed by atoms with van der Waals surface area (Å²) in [4.78, 5) is 23.3. The summed E-state index contributed by atoms with van der Waals surface area (Å²) < 4.78 is 6.25. The first-order valence-electron chi connectivity index (χ1n) is 5.54. The van der Waals surface area contributed by atoms with Crippen LogP contribution in [0.3, 0.4) is 0 Å². The molecule has 0 spiro atoms. The molecule has 0 fully saturated rings. The normalized spacial score (nSPS) is 10.6. The molecule has 1 aromatic heterocycles. The van der Waals surface area contributed by atoms with Crippen molar-refractivity contribution in [3.8, 4) is 5.75 Å². The van der Waals surface area contributed by atoms with Gasteiger partial charge < -0.3 is 14.4 Å². The summed E-state index contributed by atoms with van der Waals surface area (Å²) in [7, 11) is 1.66. The van der Waals surface area contributed by atoms with Gasteiger partial charge in [-0.3, -0.25) is 4.79 Å². The van der Waals surface area contributed by atoms with Crippen molar-refractivity contribution in [3.05, 3.63) is 30.0 Å². The number of ether oxygens (including phenoxy) is 1. The Labute approximate surface area is 104 Å². The Hall–Kier alpha value is -2.30. The number of carbonyl (C=O) groups is 2. The number of phenols is 1. The fraction of sp³-hybridized carbons (Fsp3) is 0.231. The topological polar surface area (TPSA) is 68.5 Å². The van der Waals surface area contributed by atoms with Crippen molar-refractivity contribution < 1.29 is 19.4 Å². The molecule has 94 valence electrons. The predicted octanol–water partition coefficient (Wildman–Crippen LogP) is 1.63. The Morgan fingerprint density at radius 2 is 2.06 bits per heavy atom. The van der Waals surface area contributed by atoms with Gasteiger partial charge >= 0.3 is 5.97 Å². The number of Topliss-reactive ketones (excluding diaryl/α,β-unsaturated/α-hetero) is 1. The second kappa shape index (κ2) is 4.52. The van der Waals surface area contributed by atoms with Crippen molar-refractivity contribution in [2.75, 3.05) is 6.61 Å². The summed E-state index contributed by atoms with van der Waals surface area (Å²) in [5.41, 5.74) is 0.927. The molecule has 0 saturated carbocycles. The van der Waals surface area contributed by atoms with Crippen LogP contribution in [0.5, 0.6) is 5.75 Å². The van der Waals surface area contributed by atoms with Gasteiger partial charge in [0.1, 0.15) is 5.75 Å². The Morgan fingerprint density at radius 3 is 2.72 bits per heavy atom. The SMILES string of the molecule is CCOC(=O)C(=O)c1cc2ccc(O)cc2n1C. The third-order valence-electron chi connectivity index (χ3n) is 2.72. The molecule has 18 heavy (non-hydrogen) atoms. The van der Waals surface area contributed by atoms with E-state index in [1.165, 1.54) is 12.1 Å². The van der Waals surface area contributed by atoms with Gasteiger partial charge in [0.05, 0.1) is 17.8 Å². The van der Waals surface area contributed by atoms with Crippen molar-refractivity contribution >= 4 is 22.7 Å². The van der Waals surface area contributed by atoms with E-state index >= 15 is 0 Å². The number of ketones is 1. The zero-order valence-electron chi connectivity index (χ0n) is 10.1. The summed E-state index contributed by atoms with van der Waals surface area (Å²) in [5, 5.41) is 10.2. The number of nitrogens with zero attached hydrogens (tertiary/aromatic N) is 1. The molecule has 0 aliphatic heterocycles. The molecule has 0 aliphatic carbocycles. The van der Waals surface area contributed by atoms with E-state index in [1.807, 2.05) is 0 Å². The highest BCUT2D eigenvalue weighted by molar-refractivity contribution is 6.40. The van der Waals surface area contributed by atoms with E-state index in [1.54, 1.807) is 30.7 Å². The smallest absolute Gasteiger partial charge is 0.381 e. The van der Waals surface area contributed by atoms with E-state index < -0.39 is 11.8 Å². The number of hydrogen-bond donors (Lipinski definition) is 1. The van der Waals surface area contributed by atoms with Gasteiger partial charge in [-0.25, -0.2) is 4.79 Å². The Balaban J connectivity index is 2.49. The summed E-state index contributed by atoms with van der Waals surface area (Å²) in [6.45, 7) is 1.81. The summed E-state index contributed by atoms with van der Waals surface area (Å²) in [6.07, 6.45) is 0. The molecule has 0 saturated heterocycles. The number of fused-ring (bicyclic) bond motifs is 1. The maximum atomic E-state index is 11.9. The van der Waals surface area contributed by atoms with Crippen LogP contribution < -0.4 is 0 Å². The number of benzene rings is 1. The number of hydrogen-bond acceptors (Lipinski definition) is 4. The number of aryl methyl sites for hydroxylation is 1. The maximum Gasteiger partial charge on any atom is 0.381 e. The molecular formula is C13H13NO4. The van der Waals surface area contributed by atoms with Crippen molar-refractivity contribution in [2.24, 2.45) is 7.05 Å². The van der Waals surface area contributed by atoms with Gasteiger partial charge in [-0.15, -0.1) is 0 Å². The standard InChI is InChI=1S/C13H13NO4/c1-3-18-13(17)12(16)11-6-8-4-5-9(15)7-10(8)14(11)2/h4-7,15H,3H2,1-2H3. The van der Waals surface area contributed by atoms with Crippen molar-refractivity contribution in [3.63, 3.8) is 0 Å². The third kappa shape index (κ3) is 1.95. The first-order valence-corrected chi connectivity index (χ1v) is 5.54. The van der Waals surface area contributed by atoms with Crippen LogP contribution in [-0.2, 0) is 16.6 Å². The molecule has 1 aromatic carbocycles. The Kier molecular flexibility index (Phi) is 3.06. The lowest BCUT2D eigenvalue weighted by atomic mass is 10.2. The molecule has 0 amide bonds. The van der Waals surface area contributed by atoms with Gasteiger partial charge in [-0.05, 0) is 25.1 Å². The molecule has 5 heteroatoms. The number of carbonyl (C=O) groups excluding carboxylic acids is 2. The van der Waals surface area contributed by atoms with E-state index in [-0.39, 0.29) is 18.1 Å². The van der Waals surface area contributed by atoms with Crippen LogP contribution in [0.1, 0.15) is 17.4 Å². The lowest BCUT2D eigenvalue weighted by Gasteiger charge is -2.03. The van der Waals surface area contributed by atoms with Crippen molar-refractivity contribution in [2.45, 2.75) is 6.92 Å². The largest absolute Gasteiger partial charge is 0.508 e. The number of aromatic hydroxyl groups is 1. The average molecular weight is 247 g/mol. The van der Waals surface area contributed by atoms with Crippen LogP contribution in [0.15, 0.2) is 24.3 Å². The van der Waals surface area contributed by atoms with Crippen LogP contribution in [-0.4, -0.2) is 28.0 Å². The number of phenolic OH excluding ortho intramolecular Hbond substituents is 1. The van der Waals surface area contributed by atoms with E-state index in [0.29, 0.717) is 5.52 Å². The van der Waals surface area contributed by atoms with Crippen LogP contribution in [0.4, 0.5) is 0 Å². The van der Waals surface area contributed by atoms with E-state index in [0.717, 1.165) is 5.39 Å². The molecule has 2 rings (SSSR count). The molecule has 1 heterocycles. The average Bonchev–Trinajstić information content (AvgIpc) is 2.66. The van der Waals surface area contributed by atoms with Gasteiger partial charge in [0, 0.05) is 18.5 Å². The predicted molar refractivity (Wildman–Crippen MR) is 65.5 cm³/mol. The zero-order chi connectivity index (χ0) is 13.3. The van der Waals surface area contributed by atoms with E-state index in [2.05, 4.69) is 4.74 Å². The number of aromatic nitrogens is 1. The van der Waals surface area contributed by atoms with Crippen LogP contribution in [0.25, 0.3) is 10.9 Å². The summed E-state index contributed by atoms with van der Waals surface area (Å²) in [5.74, 6) is -1.44. The van der Waals surface area contributed by atoms with Crippen LogP contribution in [0, 0.1) is 0 Å². The molecule has 0 radical (unpaired) electrons. The highest BCUT2D eigenvalue weighted by atomic mass is 16.5. The van der Waals surface area contributed by atoms with Gasteiger partial charge in [0.2, 0.25) is 0 Å². The molecule has 5 nitrogen and oxygen atoms in total. The second-order valence-electron chi connectivity index (χ2n) is 3.88. The molecule has 1 N–H and O–H groups in total. The van der Waals surface area contributed by atoms with Crippen molar-refractivity contribution in [1.29, 1.82) is 0 Å². The fourth-order valence-electron chi connectivity index (χ4n) is 1.84. The quantitative estimate of drug-likeness (QED) is 0.508. The van der Waals surface area contributed by atoms with Gasteiger partial charge in [0.15, 0.2) is 0 Å². The lowest BCUT2D eigenvalue weighted by molar-refractivity contribution is -0.137. The minimum Gasteiger partial charge on any atom is -0.508 e. The van der Waals surface area contributed by atoms with Gasteiger partial charge in [-0.1, -0.05) is 0 Å². The van der Waals surface area contributed by atoms with Crippen molar-refractivity contribution in [1.82, 2.24) is 4.57 Å².